The highest BCUT2D eigenvalue weighted by atomic mass is 32.2. The van der Waals surface area contributed by atoms with Crippen molar-refractivity contribution in [1.82, 2.24) is 15.3 Å². The lowest BCUT2D eigenvalue weighted by Gasteiger charge is -2.09. The number of nitrogens with zero attached hydrogens (tertiary/aromatic N) is 2. The Morgan fingerprint density at radius 3 is 2.34 bits per heavy atom. The predicted molar refractivity (Wildman–Crippen MR) is 112 cm³/mol. The molecule has 0 aliphatic heterocycles. The van der Waals surface area contributed by atoms with Crippen LogP contribution in [0.2, 0.25) is 0 Å². The van der Waals surface area contributed by atoms with Gasteiger partial charge < -0.3 is 5.32 Å². The average Bonchev–Trinajstić information content (AvgIpc) is 3.22. The van der Waals surface area contributed by atoms with Crippen LogP contribution in [0.15, 0.2) is 76.9 Å². The van der Waals surface area contributed by atoms with Crippen LogP contribution >= 0.6 is 11.3 Å². The highest BCUT2D eigenvalue weighted by molar-refractivity contribution is 7.91. The molecule has 164 valence electrons. The zero-order valence-corrected chi connectivity index (χ0v) is 17.8. The number of sulfone groups is 1. The maximum Gasteiger partial charge on any atom is 0.433 e. The van der Waals surface area contributed by atoms with Gasteiger partial charge in [0.2, 0.25) is 9.84 Å². The van der Waals surface area contributed by atoms with Gasteiger partial charge in [-0.2, -0.15) is 13.2 Å². The highest BCUT2D eigenvalue weighted by Crippen LogP contribution is 2.29. The minimum absolute atomic E-state index is 0.0915. The maximum atomic E-state index is 12.6. The van der Waals surface area contributed by atoms with Crippen molar-refractivity contribution in [1.29, 1.82) is 0 Å². The van der Waals surface area contributed by atoms with Crippen LogP contribution in [0.1, 0.15) is 20.9 Å². The van der Waals surface area contributed by atoms with Crippen molar-refractivity contribution in [3.63, 3.8) is 0 Å². The molecule has 1 aromatic carbocycles. The summed E-state index contributed by atoms with van der Waals surface area (Å²) in [5.74, 6) is -0.265. The summed E-state index contributed by atoms with van der Waals surface area (Å²) in [5.41, 5.74) is -0.511. The first-order chi connectivity index (χ1) is 15.1. The molecule has 1 N–H and O–H groups in total. The molecule has 0 bridgehead atoms. The summed E-state index contributed by atoms with van der Waals surface area (Å²) >= 11 is 1.32. The Morgan fingerprint density at radius 2 is 1.72 bits per heavy atom. The monoisotopic (exact) mass is 477 g/mol. The number of thiophene rings is 1. The molecule has 11 heteroatoms. The number of hydrogen-bond acceptors (Lipinski definition) is 6. The zero-order chi connectivity index (χ0) is 22.9. The molecular weight excluding hydrogens is 463 g/mol. The molecular formula is C21H14F3N3O3S2. The largest absolute Gasteiger partial charge is 0.433 e. The molecule has 0 atom stereocenters. The Kier molecular flexibility index (Phi) is 5.70. The third-order valence-corrected chi connectivity index (χ3v) is 7.41. The van der Waals surface area contributed by atoms with Crippen molar-refractivity contribution >= 4 is 37.2 Å². The van der Waals surface area contributed by atoms with Gasteiger partial charge in [-0.1, -0.05) is 12.1 Å². The van der Waals surface area contributed by atoms with E-state index in [-0.39, 0.29) is 22.2 Å². The van der Waals surface area contributed by atoms with E-state index in [9.17, 15) is 26.4 Å². The number of alkyl halides is 3. The van der Waals surface area contributed by atoms with Crippen molar-refractivity contribution < 1.29 is 26.4 Å². The van der Waals surface area contributed by atoms with Crippen LogP contribution in [0.4, 0.5) is 13.2 Å². The third-order valence-electron chi connectivity index (χ3n) is 4.57. The fourth-order valence-corrected chi connectivity index (χ4v) is 5.05. The minimum Gasteiger partial charge on any atom is -0.347 e. The molecule has 4 rings (SSSR count). The summed E-state index contributed by atoms with van der Waals surface area (Å²) < 4.78 is 64.1. The summed E-state index contributed by atoms with van der Waals surface area (Å²) in [5, 5.41) is 3.69. The molecule has 1 amide bonds. The van der Waals surface area contributed by atoms with Crippen LogP contribution in [0, 0.1) is 0 Å². The van der Waals surface area contributed by atoms with Gasteiger partial charge in [0.15, 0.2) is 0 Å². The molecule has 3 aromatic heterocycles. The van der Waals surface area contributed by atoms with Crippen LogP contribution in [0.3, 0.4) is 0 Å². The van der Waals surface area contributed by atoms with Crippen molar-refractivity contribution in [2.75, 3.05) is 0 Å². The van der Waals surface area contributed by atoms with Gasteiger partial charge in [-0.3, -0.25) is 14.8 Å². The number of pyridine rings is 2. The second-order valence-electron chi connectivity index (χ2n) is 6.73. The van der Waals surface area contributed by atoms with Crippen LogP contribution < -0.4 is 5.32 Å². The Balaban J connectivity index is 1.44. The summed E-state index contributed by atoms with van der Waals surface area (Å²) in [4.78, 5) is 19.7. The van der Waals surface area contributed by atoms with Gasteiger partial charge >= 0.3 is 6.18 Å². The lowest BCUT2D eigenvalue weighted by Crippen LogP contribution is -2.21. The van der Waals surface area contributed by atoms with Crippen LogP contribution in [-0.2, 0) is 22.6 Å². The van der Waals surface area contributed by atoms with E-state index in [4.69, 9.17) is 0 Å². The number of fused-ring (bicyclic) bond motifs is 1. The van der Waals surface area contributed by atoms with Gasteiger partial charge in [0, 0.05) is 25.1 Å². The standard InChI is InChI=1S/C21H14F3N3O3S2/c22-21(23,24)19-6-5-16(11-26-19)32(29,30)15-3-1-13(2-4-15)10-27-20(28)17-9-14-7-8-25-12-18(14)31-17/h1-9,11-12H,10H2,(H,27,28). The molecule has 0 saturated heterocycles. The van der Waals surface area contributed by atoms with Crippen LogP contribution in [-0.4, -0.2) is 24.3 Å². The van der Waals surface area contributed by atoms with E-state index in [0.29, 0.717) is 22.7 Å². The Morgan fingerprint density at radius 1 is 1.00 bits per heavy atom. The second kappa shape index (κ2) is 8.32. The number of halogens is 3. The lowest BCUT2D eigenvalue weighted by atomic mass is 10.2. The zero-order valence-electron chi connectivity index (χ0n) is 16.1. The quantitative estimate of drug-likeness (QED) is 0.458. The fraction of sp³-hybridized carbons (Fsp3) is 0.0952. The van der Waals surface area contributed by atoms with Gasteiger partial charge in [0.1, 0.15) is 5.69 Å². The second-order valence-corrected chi connectivity index (χ2v) is 9.76. The first-order valence-corrected chi connectivity index (χ1v) is 11.4. The molecule has 0 spiro atoms. The molecule has 4 aromatic rings. The molecule has 0 aliphatic rings. The molecule has 32 heavy (non-hydrogen) atoms. The molecule has 0 saturated carbocycles. The van der Waals surface area contributed by atoms with Crippen molar-refractivity contribution in [2.45, 2.75) is 22.5 Å². The first kappa shape index (κ1) is 21.9. The van der Waals surface area contributed by atoms with E-state index in [1.807, 2.05) is 6.07 Å². The van der Waals surface area contributed by atoms with Gasteiger partial charge in [0.25, 0.3) is 5.91 Å². The van der Waals surface area contributed by atoms with Gasteiger partial charge in [-0.15, -0.1) is 11.3 Å². The van der Waals surface area contributed by atoms with E-state index >= 15 is 0 Å². The lowest BCUT2D eigenvalue weighted by molar-refractivity contribution is -0.141. The van der Waals surface area contributed by atoms with Crippen molar-refractivity contribution in [3.05, 3.63) is 83.3 Å². The topological polar surface area (TPSA) is 89.0 Å². The van der Waals surface area contributed by atoms with E-state index in [1.54, 1.807) is 18.5 Å². The fourth-order valence-electron chi connectivity index (χ4n) is 2.90. The Labute approximate surface area is 184 Å². The number of nitrogens with one attached hydrogen (secondary N) is 1. The summed E-state index contributed by atoms with van der Waals surface area (Å²) in [6.07, 6.45) is -0.636. The molecule has 0 radical (unpaired) electrons. The van der Waals surface area contributed by atoms with Crippen molar-refractivity contribution in [3.8, 4) is 0 Å². The van der Waals surface area contributed by atoms with Gasteiger partial charge in [0.05, 0.1) is 19.4 Å². The normalized spacial score (nSPS) is 12.1. The summed E-state index contributed by atoms with van der Waals surface area (Å²) in [6, 6.07) is 10.8. The third kappa shape index (κ3) is 4.48. The Hall–Kier alpha value is -3.31. The molecule has 0 fully saturated rings. The number of aromatic nitrogens is 2. The van der Waals surface area contributed by atoms with Crippen molar-refractivity contribution in [2.24, 2.45) is 0 Å². The van der Waals surface area contributed by atoms with Gasteiger partial charge in [-0.25, -0.2) is 8.42 Å². The number of rotatable bonds is 5. The van der Waals surface area contributed by atoms with Gasteiger partial charge in [-0.05, 0) is 47.3 Å². The average molecular weight is 477 g/mol. The van der Waals surface area contributed by atoms with E-state index in [2.05, 4.69) is 15.3 Å². The Bertz CT molecular complexity index is 1350. The molecule has 3 heterocycles. The van der Waals surface area contributed by atoms with Crippen LogP contribution in [0.25, 0.3) is 10.1 Å². The number of carbonyl (C=O) groups is 1. The predicted octanol–water partition coefficient (Wildman–Crippen LogP) is 4.47. The van der Waals surface area contributed by atoms with Crippen LogP contribution in [0.5, 0.6) is 0 Å². The molecule has 0 unspecified atom stereocenters. The summed E-state index contributed by atoms with van der Waals surface area (Å²) in [7, 11) is -4.03. The number of benzene rings is 1. The van der Waals surface area contributed by atoms with E-state index in [0.717, 1.165) is 16.2 Å². The SMILES string of the molecule is O=C(NCc1ccc(S(=O)(=O)c2ccc(C(F)(F)F)nc2)cc1)c1cc2ccncc2s1. The summed E-state index contributed by atoms with van der Waals surface area (Å²) in [6.45, 7) is 0.174. The molecule has 6 nitrogen and oxygen atoms in total. The smallest absolute Gasteiger partial charge is 0.347 e. The number of carbonyl (C=O) groups excluding carboxylic acids is 1. The molecule has 0 aliphatic carbocycles. The van der Waals surface area contributed by atoms with E-state index < -0.39 is 21.7 Å². The minimum atomic E-state index is -4.65. The number of hydrogen-bond donors (Lipinski definition) is 1. The first-order valence-electron chi connectivity index (χ1n) is 9.13. The maximum absolute atomic E-state index is 12.6. The number of amides is 1. The highest BCUT2D eigenvalue weighted by Gasteiger charge is 2.32. The van der Waals surface area contributed by atoms with E-state index in [1.165, 1.54) is 35.6 Å².